The van der Waals surface area contributed by atoms with Gasteiger partial charge < -0.3 is 4.48 Å². The third-order valence-electron chi connectivity index (χ3n) is 1.18. The van der Waals surface area contributed by atoms with Gasteiger partial charge in [0.05, 0.1) is 21.1 Å². The normalized spacial score (nSPS) is 11.6. The predicted molar refractivity (Wildman–Crippen MR) is 42.8 cm³/mol. The van der Waals surface area contributed by atoms with E-state index < -0.39 is 0 Å². The Labute approximate surface area is 63.4 Å². The molecule has 0 aliphatic heterocycles. The smallest absolute Gasteiger partial charge is 0.186 e. The van der Waals surface area contributed by atoms with Gasteiger partial charge in [-0.05, 0) is 6.42 Å². The zero-order valence-corrected chi connectivity index (χ0v) is 7.48. The molecule has 2 heteroatoms. The summed E-state index contributed by atoms with van der Waals surface area (Å²) in [7, 11) is 6.11. The van der Waals surface area contributed by atoms with Crippen LogP contribution in [-0.2, 0) is 4.79 Å². The average Bonchev–Trinajstić information content (AvgIpc) is 1.59. The first-order valence-electron chi connectivity index (χ1n) is 3.78. The molecule has 10 heavy (non-hydrogen) atoms. The summed E-state index contributed by atoms with van der Waals surface area (Å²) in [5.74, 6) is 0.370. The zero-order valence-electron chi connectivity index (χ0n) is 7.48. The van der Waals surface area contributed by atoms with Crippen LogP contribution in [0.3, 0.4) is 0 Å². The number of ketones is 1. The quantitative estimate of drug-likeness (QED) is 0.539. The van der Waals surface area contributed by atoms with Crippen molar-refractivity contribution in [2.45, 2.75) is 19.8 Å². The molecule has 0 aliphatic carbocycles. The van der Waals surface area contributed by atoms with Crippen molar-refractivity contribution in [2.75, 3.05) is 27.7 Å². The van der Waals surface area contributed by atoms with Crippen LogP contribution in [0.1, 0.15) is 19.8 Å². The minimum atomic E-state index is 0.370. The first kappa shape index (κ1) is 9.63. The molecular formula is C8H18NO+. The van der Waals surface area contributed by atoms with Gasteiger partial charge in [-0.15, -0.1) is 0 Å². The summed E-state index contributed by atoms with van der Waals surface area (Å²) in [6, 6.07) is 0. The first-order valence-corrected chi connectivity index (χ1v) is 3.78. The standard InChI is InChI=1S/C8H18NO/c1-5-6-8(10)7-9(2,3)4/h5-7H2,1-4H3/q+1. The fraction of sp³-hybridized carbons (Fsp3) is 0.875. The maximum atomic E-state index is 11.0. The topological polar surface area (TPSA) is 17.1 Å². The Balaban J connectivity index is 3.58. The summed E-state index contributed by atoms with van der Waals surface area (Å²) in [5.41, 5.74) is 0. The van der Waals surface area contributed by atoms with Crippen LogP contribution in [0.25, 0.3) is 0 Å². The number of rotatable bonds is 4. The van der Waals surface area contributed by atoms with E-state index in [9.17, 15) is 4.79 Å². The number of hydrogen-bond acceptors (Lipinski definition) is 1. The maximum absolute atomic E-state index is 11.0. The fourth-order valence-electron chi connectivity index (χ4n) is 0.887. The SMILES string of the molecule is CCCC(=O)C[N+](C)(C)C. The number of carbonyl (C=O) groups is 1. The molecule has 0 aromatic carbocycles. The van der Waals surface area contributed by atoms with E-state index in [-0.39, 0.29) is 0 Å². The zero-order chi connectivity index (χ0) is 8.20. The van der Waals surface area contributed by atoms with Crippen molar-refractivity contribution in [1.29, 1.82) is 0 Å². The molecule has 2 nitrogen and oxygen atoms in total. The van der Waals surface area contributed by atoms with E-state index in [2.05, 4.69) is 0 Å². The van der Waals surface area contributed by atoms with Gasteiger partial charge >= 0.3 is 0 Å². The number of hydrogen-bond donors (Lipinski definition) is 0. The Bertz CT molecular complexity index is 113. The van der Waals surface area contributed by atoms with Gasteiger partial charge in [0, 0.05) is 6.42 Å². The Morgan fingerprint density at radius 3 is 2.10 bits per heavy atom. The lowest BCUT2D eigenvalue weighted by Crippen LogP contribution is -2.39. The van der Waals surface area contributed by atoms with Crippen LogP contribution in [0, 0.1) is 0 Å². The second kappa shape index (κ2) is 3.71. The summed E-state index contributed by atoms with van der Waals surface area (Å²) in [6.07, 6.45) is 1.70. The minimum Gasteiger partial charge on any atom is -0.325 e. The van der Waals surface area contributed by atoms with Gasteiger partial charge in [-0.3, -0.25) is 4.79 Å². The van der Waals surface area contributed by atoms with Crippen molar-refractivity contribution in [2.24, 2.45) is 0 Å². The Hall–Kier alpha value is -0.370. The molecule has 0 amide bonds. The van der Waals surface area contributed by atoms with Gasteiger partial charge in [0.25, 0.3) is 0 Å². The van der Waals surface area contributed by atoms with Crippen molar-refractivity contribution in [1.82, 2.24) is 0 Å². The Morgan fingerprint density at radius 2 is 1.80 bits per heavy atom. The van der Waals surface area contributed by atoms with E-state index in [1.807, 2.05) is 28.1 Å². The first-order chi connectivity index (χ1) is 4.45. The van der Waals surface area contributed by atoms with E-state index in [0.717, 1.165) is 17.3 Å². The summed E-state index contributed by atoms with van der Waals surface area (Å²) in [5, 5.41) is 0. The van der Waals surface area contributed by atoms with E-state index in [0.29, 0.717) is 12.3 Å². The number of carbonyl (C=O) groups excluding carboxylic acids is 1. The van der Waals surface area contributed by atoms with Crippen LogP contribution < -0.4 is 0 Å². The van der Waals surface area contributed by atoms with Crippen molar-refractivity contribution in [3.8, 4) is 0 Å². The van der Waals surface area contributed by atoms with E-state index >= 15 is 0 Å². The van der Waals surface area contributed by atoms with E-state index in [1.165, 1.54) is 0 Å². The maximum Gasteiger partial charge on any atom is 0.186 e. The van der Waals surface area contributed by atoms with Gasteiger partial charge in [-0.2, -0.15) is 0 Å². The molecular weight excluding hydrogens is 126 g/mol. The van der Waals surface area contributed by atoms with E-state index in [1.54, 1.807) is 0 Å². The highest BCUT2D eigenvalue weighted by molar-refractivity contribution is 5.79. The lowest BCUT2D eigenvalue weighted by atomic mass is 10.2. The van der Waals surface area contributed by atoms with Gasteiger partial charge in [0.1, 0.15) is 6.54 Å². The molecule has 0 N–H and O–H groups in total. The minimum absolute atomic E-state index is 0.370. The molecule has 0 atom stereocenters. The fourth-order valence-corrected chi connectivity index (χ4v) is 0.887. The van der Waals surface area contributed by atoms with Gasteiger partial charge in [-0.1, -0.05) is 6.92 Å². The summed E-state index contributed by atoms with van der Waals surface area (Å²) >= 11 is 0. The monoisotopic (exact) mass is 144 g/mol. The molecule has 0 radical (unpaired) electrons. The number of nitrogens with zero attached hydrogens (tertiary/aromatic N) is 1. The highest BCUT2D eigenvalue weighted by Crippen LogP contribution is 1.95. The molecule has 0 saturated heterocycles. The van der Waals surface area contributed by atoms with Gasteiger partial charge in [0.2, 0.25) is 0 Å². The molecule has 0 aromatic heterocycles. The van der Waals surface area contributed by atoms with E-state index in [4.69, 9.17) is 0 Å². The molecule has 0 aromatic rings. The summed E-state index contributed by atoms with van der Waals surface area (Å²) in [4.78, 5) is 11.0. The van der Waals surface area contributed by atoms with Crippen LogP contribution in [0.4, 0.5) is 0 Å². The number of likely N-dealkylation sites (N-methyl/N-ethyl adjacent to an activating group) is 1. The van der Waals surface area contributed by atoms with Crippen LogP contribution in [0.2, 0.25) is 0 Å². The molecule has 0 unspecified atom stereocenters. The van der Waals surface area contributed by atoms with Crippen LogP contribution in [0.15, 0.2) is 0 Å². The van der Waals surface area contributed by atoms with Gasteiger partial charge in [0.15, 0.2) is 5.78 Å². The number of Topliss-reactive ketones (excluding diaryl/α,β-unsaturated/α-hetero) is 1. The van der Waals surface area contributed by atoms with Crippen molar-refractivity contribution in [3.05, 3.63) is 0 Å². The predicted octanol–water partition coefficient (Wildman–Crippen LogP) is 1.06. The molecule has 0 spiro atoms. The third-order valence-corrected chi connectivity index (χ3v) is 1.18. The lowest BCUT2D eigenvalue weighted by molar-refractivity contribution is -0.862. The highest BCUT2D eigenvalue weighted by atomic mass is 16.1. The summed E-state index contributed by atoms with van der Waals surface area (Å²) < 4.78 is 0.749. The molecule has 60 valence electrons. The second-order valence-corrected chi connectivity index (χ2v) is 3.74. The number of quaternary nitrogens is 1. The van der Waals surface area contributed by atoms with Crippen molar-refractivity contribution < 1.29 is 9.28 Å². The van der Waals surface area contributed by atoms with Crippen LogP contribution in [-0.4, -0.2) is 38.0 Å². The molecule has 0 heterocycles. The summed E-state index contributed by atoms with van der Waals surface area (Å²) in [6.45, 7) is 2.70. The third kappa shape index (κ3) is 5.76. The lowest BCUT2D eigenvalue weighted by Gasteiger charge is -2.22. The average molecular weight is 144 g/mol. The molecule has 0 rings (SSSR count). The molecule has 0 fully saturated rings. The van der Waals surface area contributed by atoms with Crippen LogP contribution >= 0.6 is 0 Å². The second-order valence-electron chi connectivity index (χ2n) is 3.74. The van der Waals surface area contributed by atoms with Crippen molar-refractivity contribution in [3.63, 3.8) is 0 Å². The molecule has 0 saturated carbocycles. The van der Waals surface area contributed by atoms with Crippen molar-refractivity contribution >= 4 is 5.78 Å². The Kier molecular flexibility index (Phi) is 3.58. The van der Waals surface area contributed by atoms with Crippen LogP contribution in [0.5, 0.6) is 0 Å². The Morgan fingerprint density at radius 1 is 1.30 bits per heavy atom. The molecule has 0 bridgehead atoms. The molecule has 0 aliphatic rings. The van der Waals surface area contributed by atoms with Gasteiger partial charge in [-0.25, -0.2) is 0 Å². The highest BCUT2D eigenvalue weighted by Gasteiger charge is 2.12. The largest absolute Gasteiger partial charge is 0.325 e.